The van der Waals surface area contributed by atoms with E-state index in [0.29, 0.717) is 5.56 Å². The largest absolute Gasteiger partial charge is 0.383 e. The van der Waals surface area contributed by atoms with Crippen molar-refractivity contribution in [2.45, 2.75) is 19.4 Å². The molecule has 0 spiro atoms. The van der Waals surface area contributed by atoms with Gasteiger partial charge in [-0.1, -0.05) is 0 Å². The van der Waals surface area contributed by atoms with Gasteiger partial charge in [0, 0.05) is 19.5 Å². The minimum Gasteiger partial charge on any atom is -0.383 e. The summed E-state index contributed by atoms with van der Waals surface area (Å²) in [6.07, 6.45) is 1.47. The molecule has 1 aromatic rings. The van der Waals surface area contributed by atoms with E-state index in [2.05, 4.69) is 10.4 Å². The number of anilines is 1. The molecule has 0 saturated heterocycles. The van der Waals surface area contributed by atoms with Gasteiger partial charge in [0.15, 0.2) is 0 Å². The van der Waals surface area contributed by atoms with Crippen LogP contribution in [0.25, 0.3) is 0 Å². The fourth-order valence-corrected chi connectivity index (χ4v) is 1.28. The molecule has 0 aliphatic heterocycles. The van der Waals surface area contributed by atoms with Crippen LogP contribution in [-0.2, 0) is 11.8 Å². The van der Waals surface area contributed by atoms with Gasteiger partial charge in [0.05, 0.1) is 6.20 Å². The first-order valence-electron chi connectivity index (χ1n) is 4.78. The Morgan fingerprint density at radius 3 is 2.69 bits per heavy atom. The molecule has 0 bridgehead atoms. The summed E-state index contributed by atoms with van der Waals surface area (Å²) in [7, 11) is 1.64. The third-order valence-corrected chi connectivity index (χ3v) is 2.11. The number of nitrogen functional groups attached to an aromatic ring is 1. The van der Waals surface area contributed by atoms with E-state index in [1.807, 2.05) is 0 Å². The molecule has 2 amide bonds. The lowest BCUT2D eigenvalue weighted by Gasteiger charge is -2.11. The highest BCUT2D eigenvalue weighted by Crippen LogP contribution is 2.09. The molecule has 1 unspecified atom stereocenters. The Hall–Kier alpha value is -2.05. The molecular weight excluding hydrogens is 210 g/mol. The topological polar surface area (TPSA) is 116 Å². The zero-order valence-electron chi connectivity index (χ0n) is 9.23. The van der Waals surface area contributed by atoms with Crippen molar-refractivity contribution in [2.24, 2.45) is 12.8 Å². The monoisotopic (exact) mass is 225 g/mol. The number of hydrogen-bond acceptors (Lipinski definition) is 4. The van der Waals surface area contributed by atoms with Gasteiger partial charge < -0.3 is 16.8 Å². The average Bonchev–Trinajstić information content (AvgIpc) is 2.45. The molecule has 0 radical (unpaired) electrons. The van der Waals surface area contributed by atoms with Crippen LogP contribution >= 0.6 is 0 Å². The molecule has 7 nitrogen and oxygen atoms in total. The van der Waals surface area contributed by atoms with Gasteiger partial charge in [-0.3, -0.25) is 14.3 Å². The minimum atomic E-state index is -0.466. The molecule has 88 valence electrons. The third-order valence-electron chi connectivity index (χ3n) is 2.11. The molecule has 1 aromatic heterocycles. The average molecular weight is 225 g/mol. The maximum atomic E-state index is 11.7. The lowest BCUT2D eigenvalue weighted by Crippen LogP contribution is -2.35. The Morgan fingerprint density at radius 1 is 1.62 bits per heavy atom. The standard InChI is InChI=1S/C9H15N5O2/c1-5(3-7(10)15)13-9(16)6-4-12-14(2)8(6)11/h4-5H,3,11H2,1-2H3,(H2,10,15)(H,13,16). The molecule has 0 saturated carbocycles. The van der Waals surface area contributed by atoms with Crippen LogP contribution in [0, 0.1) is 0 Å². The quantitative estimate of drug-likeness (QED) is 0.609. The van der Waals surface area contributed by atoms with Crippen molar-refractivity contribution in [2.75, 3.05) is 5.73 Å². The number of rotatable bonds is 4. The van der Waals surface area contributed by atoms with Gasteiger partial charge in [0.2, 0.25) is 5.91 Å². The number of nitrogens with zero attached hydrogens (tertiary/aromatic N) is 2. The van der Waals surface area contributed by atoms with Crippen LogP contribution in [0.1, 0.15) is 23.7 Å². The van der Waals surface area contributed by atoms with Crippen LogP contribution < -0.4 is 16.8 Å². The van der Waals surface area contributed by atoms with Crippen molar-refractivity contribution < 1.29 is 9.59 Å². The number of nitrogens with two attached hydrogens (primary N) is 2. The summed E-state index contributed by atoms with van der Waals surface area (Å²) in [5.41, 5.74) is 10.9. The normalized spacial score (nSPS) is 12.1. The van der Waals surface area contributed by atoms with Gasteiger partial charge in [-0.2, -0.15) is 5.10 Å². The Balaban J connectivity index is 2.66. The number of nitrogens with one attached hydrogen (secondary N) is 1. The fraction of sp³-hybridized carbons (Fsp3) is 0.444. The molecule has 0 aliphatic rings. The second-order valence-electron chi connectivity index (χ2n) is 3.61. The first-order valence-corrected chi connectivity index (χ1v) is 4.78. The first-order chi connectivity index (χ1) is 7.41. The molecule has 7 heteroatoms. The van der Waals surface area contributed by atoms with Gasteiger partial charge in [-0.05, 0) is 6.92 Å². The zero-order chi connectivity index (χ0) is 12.3. The number of carbonyl (C=O) groups is 2. The maximum Gasteiger partial charge on any atom is 0.256 e. The molecule has 1 heterocycles. The second kappa shape index (κ2) is 4.65. The molecule has 1 rings (SSSR count). The van der Waals surface area contributed by atoms with Crippen LogP contribution in [0.4, 0.5) is 5.82 Å². The lowest BCUT2D eigenvalue weighted by molar-refractivity contribution is -0.118. The number of primary amides is 1. The van der Waals surface area contributed by atoms with E-state index >= 15 is 0 Å². The molecule has 0 fully saturated rings. The van der Waals surface area contributed by atoms with Crippen molar-refractivity contribution in [1.82, 2.24) is 15.1 Å². The van der Waals surface area contributed by atoms with Gasteiger partial charge in [-0.25, -0.2) is 0 Å². The molecule has 16 heavy (non-hydrogen) atoms. The SMILES string of the molecule is CC(CC(N)=O)NC(=O)c1cnn(C)c1N. The van der Waals surface area contributed by atoms with Gasteiger partial charge in [-0.15, -0.1) is 0 Å². The van der Waals surface area contributed by atoms with Crippen molar-refractivity contribution in [3.05, 3.63) is 11.8 Å². The molecule has 5 N–H and O–H groups in total. The lowest BCUT2D eigenvalue weighted by atomic mass is 10.2. The summed E-state index contributed by atoms with van der Waals surface area (Å²) in [4.78, 5) is 22.3. The predicted molar refractivity (Wildman–Crippen MR) is 58.4 cm³/mol. The summed E-state index contributed by atoms with van der Waals surface area (Å²) in [6, 6.07) is -0.329. The number of hydrogen-bond donors (Lipinski definition) is 3. The Morgan fingerprint density at radius 2 is 2.25 bits per heavy atom. The second-order valence-corrected chi connectivity index (χ2v) is 3.61. The summed E-state index contributed by atoms with van der Waals surface area (Å²) in [5.74, 6) is -0.546. The highest BCUT2D eigenvalue weighted by Gasteiger charge is 2.16. The van der Waals surface area contributed by atoms with Gasteiger partial charge in [0.25, 0.3) is 5.91 Å². The highest BCUT2D eigenvalue weighted by atomic mass is 16.2. The van der Waals surface area contributed by atoms with Crippen LogP contribution in [0.5, 0.6) is 0 Å². The third kappa shape index (κ3) is 2.72. The molecular formula is C9H15N5O2. The predicted octanol–water partition coefficient (Wildman–Crippen LogP) is -1.00. The van der Waals surface area contributed by atoms with E-state index in [9.17, 15) is 9.59 Å². The van der Waals surface area contributed by atoms with E-state index in [-0.39, 0.29) is 24.2 Å². The smallest absolute Gasteiger partial charge is 0.256 e. The zero-order valence-corrected chi connectivity index (χ0v) is 9.23. The van der Waals surface area contributed by atoms with E-state index in [1.54, 1.807) is 14.0 Å². The summed E-state index contributed by atoms with van der Waals surface area (Å²) in [6.45, 7) is 1.69. The maximum absolute atomic E-state index is 11.7. The number of amides is 2. The molecule has 0 aromatic carbocycles. The Kier molecular flexibility index (Phi) is 3.49. The number of carbonyl (C=O) groups excluding carboxylic acids is 2. The first kappa shape index (κ1) is 12.0. The van der Waals surface area contributed by atoms with E-state index in [4.69, 9.17) is 11.5 Å². The minimum absolute atomic E-state index is 0.0892. The van der Waals surface area contributed by atoms with Crippen molar-refractivity contribution in [1.29, 1.82) is 0 Å². The van der Waals surface area contributed by atoms with Crippen molar-refractivity contribution >= 4 is 17.6 Å². The fourth-order valence-electron chi connectivity index (χ4n) is 1.28. The highest BCUT2D eigenvalue weighted by molar-refractivity contribution is 5.98. The molecule has 0 aliphatic carbocycles. The summed E-state index contributed by atoms with van der Waals surface area (Å²) >= 11 is 0. The number of aromatic nitrogens is 2. The van der Waals surface area contributed by atoms with Crippen molar-refractivity contribution in [3.8, 4) is 0 Å². The summed E-state index contributed by atoms with van der Waals surface area (Å²) < 4.78 is 1.40. The van der Waals surface area contributed by atoms with Gasteiger partial charge in [0.1, 0.15) is 11.4 Å². The van der Waals surface area contributed by atoms with Crippen LogP contribution in [0.2, 0.25) is 0 Å². The van der Waals surface area contributed by atoms with E-state index in [0.717, 1.165) is 0 Å². The van der Waals surface area contributed by atoms with E-state index < -0.39 is 5.91 Å². The molecule has 1 atom stereocenters. The Labute approximate surface area is 92.8 Å². The number of aryl methyl sites for hydroxylation is 1. The van der Waals surface area contributed by atoms with Crippen LogP contribution in [0.15, 0.2) is 6.20 Å². The Bertz CT molecular complexity index is 412. The van der Waals surface area contributed by atoms with Crippen LogP contribution in [0.3, 0.4) is 0 Å². The van der Waals surface area contributed by atoms with E-state index in [1.165, 1.54) is 10.9 Å². The summed E-state index contributed by atoms with van der Waals surface area (Å²) in [5, 5.41) is 6.45. The van der Waals surface area contributed by atoms with Crippen LogP contribution in [-0.4, -0.2) is 27.6 Å². The van der Waals surface area contributed by atoms with Crippen molar-refractivity contribution in [3.63, 3.8) is 0 Å². The van der Waals surface area contributed by atoms with Gasteiger partial charge >= 0.3 is 0 Å².